The molecule has 0 fully saturated rings. The quantitative estimate of drug-likeness (QED) is 0.600. The first-order valence-corrected chi connectivity index (χ1v) is 10.8. The second-order valence-corrected chi connectivity index (χ2v) is 7.75. The molecule has 168 valence electrons. The topological polar surface area (TPSA) is 87.5 Å². The fraction of sp³-hybridized carbons (Fsp3) is 0.375. The van der Waals surface area contributed by atoms with Gasteiger partial charge in [0.15, 0.2) is 23.4 Å². The minimum absolute atomic E-state index is 0.265. The van der Waals surface area contributed by atoms with E-state index in [1.54, 1.807) is 39.3 Å². The van der Waals surface area contributed by atoms with Gasteiger partial charge in [-0.3, -0.25) is 4.79 Å². The highest BCUT2D eigenvalue weighted by Gasteiger charge is 2.19. The van der Waals surface area contributed by atoms with Gasteiger partial charge in [0.1, 0.15) is 11.6 Å². The molecule has 0 aliphatic carbocycles. The number of hydrogen-bond acceptors (Lipinski definition) is 6. The fourth-order valence-corrected chi connectivity index (χ4v) is 3.82. The maximum absolute atomic E-state index is 12.7. The van der Waals surface area contributed by atoms with Crippen molar-refractivity contribution in [2.24, 2.45) is 0 Å². The molecule has 0 radical (unpaired) electrons. The van der Waals surface area contributed by atoms with E-state index in [2.05, 4.69) is 20.1 Å². The van der Waals surface area contributed by atoms with E-state index in [1.807, 2.05) is 24.3 Å². The maximum atomic E-state index is 12.7. The molecule has 3 aromatic rings. The Morgan fingerprint density at radius 2 is 1.88 bits per heavy atom. The van der Waals surface area contributed by atoms with Crippen molar-refractivity contribution in [1.82, 2.24) is 14.8 Å². The predicted octanol–water partition coefficient (Wildman–Crippen LogP) is 4.09. The molecule has 0 saturated heterocycles. The monoisotopic (exact) mass is 436 g/mol. The zero-order chi connectivity index (χ0) is 22.5. The van der Waals surface area contributed by atoms with Gasteiger partial charge in [-0.25, -0.2) is 0 Å². The van der Waals surface area contributed by atoms with Crippen molar-refractivity contribution >= 4 is 11.6 Å². The minimum Gasteiger partial charge on any atom is -0.493 e. The van der Waals surface area contributed by atoms with Crippen molar-refractivity contribution in [2.75, 3.05) is 19.5 Å². The Kier molecular flexibility index (Phi) is 6.58. The summed E-state index contributed by atoms with van der Waals surface area (Å²) < 4.78 is 18.6. The van der Waals surface area contributed by atoms with Crippen LogP contribution in [0.1, 0.15) is 32.0 Å². The number of rotatable bonds is 7. The van der Waals surface area contributed by atoms with Crippen LogP contribution in [-0.4, -0.2) is 41.0 Å². The first-order valence-electron chi connectivity index (χ1n) is 10.8. The van der Waals surface area contributed by atoms with Crippen LogP contribution in [0.2, 0.25) is 0 Å². The van der Waals surface area contributed by atoms with E-state index in [0.717, 1.165) is 43.0 Å². The van der Waals surface area contributed by atoms with Gasteiger partial charge >= 0.3 is 0 Å². The van der Waals surface area contributed by atoms with Crippen molar-refractivity contribution in [3.63, 3.8) is 0 Å². The number of benzene rings is 2. The molecule has 32 heavy (non-hydrogen) atoms. The van der Waals surface area contributed by atoms with Crippen LogP contribution in [0.3, 0.4) is 0 Å². The van der Waals surface area contributed by atoms with Crippen molar-refractivity contribution in [1.29, 1.82) is 0 Å². The largest absolute Gasteiger partial charge is 0.493 e. The highest BCUT2D eigenvalue weighted by molar-refractivity contribution is 5.94. The van der Waals surface area contributed by atoms with Gasteiger partial charge in [-0.2, -0.15) is 0 Å². The first kappa shape index (κ1) is 21.7. The SMILES string of the molecule is COc1ccc(NC(=O)C(C)Oc2cccc(-c3nnc4n3CCCCC4)c2)cc1OC. The average Bonchev–Trinajstić information content (AvgIpc) is 3.07. The molecule has 1 aliphatic heterocycles. The smallest absolute Gasteiger partial charge is 0.265 e. The number of methoxy groups -OCH3 is 2. The molecule has 0 saturated carbocycles. The van der Waals surface area contributed by atoms with Crippen LogP contribution in [0.4, 0.5) is 5.69 Å². The van der Waals surface area contributed by atoms with Crippen LogP contribution in [0.25, 0.3) is 11.4 Å². The van der Waals surface area contributed by atoms with Gasteiger partial charge in [0, 0.05) is 30.3 Å². The Hall–Kier alpha value is -3.55. The second kappa shape index (κ2) is 9.72. The molecule has 0 spiro atoms. The molecule has 2 heterocycles. The molecule has 2 aromatic carbocycles. The Labute approximate surface area is 187 Å². The lowest BCUT2D eigenvalue weighted by Crippen LogP contribution is -2.30. The Morgan fingerprint density at radius 1 is 1.03 bits per heavy atom. The molecule has 1 atom stereocenters. The number of nitrogens with one attached hydrogen (secondary N) is 1. The molecule has 1 aliphatic rings. The Balaban J connectivity index is 1.46. The molecular formula is C24H28N4O4. The van der Waals surface area contributed by atoms with E-state index in [4.69, 9.17) is 14.2 Å². The number of aryl methyl sites for hydroxylation is 1. The van der Waals surface area contributed by atoms with Crippen LogP contribution in [-0.2, 0) is 17.8 Å². The number of carbonyl (C=O) groups excluding carboxylic acids is 1. The predicted molar refractivity (Wildman–Crippen MR) is 121 cm³/mol. The minimum atomic E-state index is -0.700. The number of carbonyl (C=O) groups is 1. The number of aromatic nitrogens is 3. The Morgan fingerprint density at radius 3 is 2.69 bits per heavy atom. The zero-order valence-electron chi connectivity index (χ0n) is 18.6. The van der Waals surface area contributed by atoms with Crippen LogP contribution in [0.5, 0.6) is 17.2 Å². The summed E-state index contributed by atoms with van der Waals surface area (Å²) in [4.78, 5) is 12.7. The van der Waals surface area contributed by atoms with Crippen molar-refractivity contribution in [3.8, 4) is 28.6 Å². The number of ether oxygens (including phenoxy) is 3. The van der Waals surface area contributed by atoms with Gasteiger partial charge in [0.05, 0.1) is 14.2 Å². The summed E-state index contributed by atoms with van der Waals surface area (Å²) >= 11 is 0. The molecular weight excluding hydrogens is 408 g/mol. The molecule has 1 unspecified atom stereocenters. The lowest BCUT2D eigenvalue weighted by Gasteiger charge is -2.16. The van der Waals surface area contributed by atoms with Crippen LogP contribution < -0.4 is 19.5 Å². The number of nitrogens with zero attached hydrogens (tertiary/aromatic N) is 3. The van der Waals surface area contributed by atoms with Gasteiger partial charge in [0.2, 0.25) is 0 Å². The van der Waals surface area contributed by atoms with Gasteiger partial charge < -0.3 is 24.1 Å². The van der Waals surface area contributed by atoms with E-state index < -0.39 is 6.10 Å². The molecule has 1 N–H and O–H groups in total. The van der Waals surface area contributed by atoms with Gasteiger partial charge in [0.25, 0.3) is 5.91 Å². The van der Waals surface area contributed by atoms with Crippen molar-refractivity contribution in [3.05, 3.63) is 48.3 Å². The lowest BCUT2D eigenvalue weighted by molar-refractivity contribution is -0.122. The zero-order valence-corrected chi connectivity index (χ0v) is 18.6. The Bertz CT molecular complexity index is 1100. The summed E-state index contributed by atoms with van der Waals surface area (Å²) in [6, 6.07) is 12.8. The highest BCUT2D eigenvalue weighted by Crippen LogP contribution is 2.30. The average molecular weight is 437 g/mol. The van der Waals surface area contributed by atoms with Crippen LogP contribution >= 0.6 is 0 Å². The van der Waals surface area contributed by atoms with Gasteiger partial charge in [-0.1, -0.05) is 18.6 Å². The van der Waals surface area contributed by atoms with Crippen molar-refractivity contribution < 1.29 is 19.0 Å². The van der Waals surface area contributed by atoms with E-state index in [0.29, 0.717) is 22.9 Å². The van der Waals surface area contributed by atoms with Crippen molar-refractivity contribution in [2.45, 2.75) is 45.3 Å². The molecule has 0 bridgehead atoms. The number of hydrogen-bond donors (Lipinski definition) is 1. The maximum Gasteiger partial charge on any atom is 0.265 e. The van der Waals surface area contributed by atoms with Crippen LogP contribution in [0, 0.1) is 0 Å². The molecule has 8 heteroatoms. The van der Waals surface area contributed by atoms with E-state index in [1.165, 1.54) is 6.42 Å². The normalized spacial score (nSPS) is 14.1. The summed E-state index contributed by atoms with van der Waals surface area (Å²) in [5, 5.41) is 11.6. The molecule has 1 aromatic heterocycles. The van der Waals surface area contributed by atoms with Gasteiger partial charge in [-0.05, 0) is 44.0 Å². The molecule has 1 amide bonds. The summed E-state index contributed by atoms with van der Waals surface area (Å²) in [7, 11) is 3.12. The second-order valence-electron chi connectivity index (χ2n) is 7.75. The number of amides is 1. The summed E-state index contributed by atoms with van der Waals surface area (Å²) in [6.07, 6.45) is 3.74. The van der Waals surface area contributed by atoms with Gasteiger partial charge in [-0.15, -0.1) is 10.2 Å². The lowest BCUT2D eigenvalue weighted by atomic mass is 10.2. The summed E-state index contributed by atoms with van der Waals surface area (Å²) in [5.41, 5.74) is 1.53. The van der Waals surface area contributed by atoms with Crippen LogP contribution in [0.15, 0.2) is 42.5 Å². The standard InChI is InChI=1S/C24H28N4O4/c1-16(24(29)25-18-11-12-20(30-2)21(15-18)31-3)32-19-9-7-8-17(14-19)23-27-26-22-10-5-4-6-13-28(22)23/h7-9,11-12,14-16H,4-6,10,13H2,1-3H3,(H,25,29). The fourth-order valence-electron chi connectivity index (χ4n) is 3.82. The third-order valence-corrected chi connectivity index (χ3v) is 5.53. The third kappa shape index (κ3) is 4.69. The van der Waals surface area contributed by atoms with E-state index in [-0.39, 0.29) is 5.91 Å². The summed E-state index contributed by atoms with van der Waals surface area (Å²) in [6.45, 7) is 2.64. The first-order chi connectivity index (χ1) is 15.6. The van der Waals surface area contributed by atoms with E-state index in [9.17, 15) is 4.79 Å². The number of fused-ring (bicyclic) bond motifs is 1. The van der Waals surface area contributed by atoms with E-state index >= 15 is 0 Å². The molecule has 8 nitrogen and oxygen atoms in total. The third-order valence-electron chi connectivity index (χ3n) is 5.53. The summed E-state index contributed by atoms with van der Waals surface area (Å²) in [5.74, 6) is 3.35. The molecule has 4 rings (SSSR count). The highest BCUT2D eigenvalue weighted by atomic mass is 16.5. The number of anilines is 1.